The van der Waals surface area contributed by atoms with Crippen LogP contribution in [0, 0.1) is 12.3 Å². The third-order valence-corrected chi connectivity index (χ3v) is 3.93. The van der Waals surface area contributed by atoms with Crippen LogP contribution in [-0.2, 0) is 11.2 Å². The van der Waals surface area contributed by atoms with Gasteiger partial charge in [0, 0.05) is 13.1 Å². The molecular formula is C16H24N2O. The van der Waals surface area contributed by atoms with Crippen molar-refractivity contribution in [2.75, 3.05) is 19.6 Å². The van der Waals surface area contributed by atoms with Crippen molar-refractivity contribution >= 4 is 5.91 Å². The zero-order chi connectivity index (χ0) is 13.7. The monoisotopic (exact) mass is 260 g/mol. The summed E-state index contributed by atoms with van der Waals surface area (Å²) in [7, 11) is 0. The van der Waals surface area contributed by atoms with Crippen molar-refractivity contribution in [3.8, 4) is 0 Å². The molecule has 1 atom stereocenters. The zero-order valence-electron chi connectivity index (χ0n) is 12.0. The Labute approximate surface area is 115 Å². The van der Waals surface area contributed by atoms with Gasteiger partial charge in [0.2, 0.25) is 5.91 Å². The predicted molar refractivity (Wildman–Crippen MR) is 78.1 cm³/mol. The molecule has 1 aliphatic rings. The molecule has 1 saturated heterocycles. The van der Waals surface area contributed by atoms with Crippen molar-refractivity contribution in [1.29, 1.82) is 0 Å². The van der Waals surface area contributed by atoms with Gasteiger partial charge in [-0.1, -0.05) is 29.8 Å². The van der Waals surface area contributed by atoms with Gasteiger partial charge in [-0.3, -0.25) is 4.79 Å². The van der Waals surface area contributed by atoms with Gasteiger partial charge in [0.05, 0.1) is 5.41 Å². The number of aryl methyl sites for hydroxylation is 1. The van der Waals surface area contributed by atoms with E-state index in [1.807, 2.05) is 0 Å². The second-order valence-corrected chi connectivity index (χ2v) is 5.84. The quantitative estimate of drug-likeness (QED) is 0.870. The number of amides is 1. The van der Waals surface area contributed by atoms with Crippen LogP contribution in [0.4, 0.5) is 0 Å². The lowest BCUT2D eigenvalue weighted by atomic mass is 9.82. The minimum atomic E-state index is -0.231. The number of carbonyl (C=O) groups excluding carboxylic acids is 1. The third-order valence-electron chi connectivity index (χ3n) is 3.93. The molecule has 0 saturated carbocycles. The molecule has 104 valence electrons. The van der Waals surface area contributed by atoms with E-state index in [0.29, 0.717) is 0 Å². The van der Waals surface area contributed by atoms with E-state index in [1.165, 1.54) is 11.1 Å². The lowest BCUT2D eigenvalue weighted by molar-refractivity contribution is -0.131. The van der Waals surface area contributed by atoms with E-state index in [4.69, 9.17) is 0 Å². The van der Waals surface area contributed by atoms with Crippen LogP contribution in [-0.4, -0.2) is 25.5 Å². The van der Waals surface area contributed by atoms with Gasteiger partial charge in [-0.05, 0) is 45.2 Å². The Morgan fingerprint density at radius 2 is 2.32 bits per heavy atom. The van der Waals surface area contributed by atoms with E-state index in [2.05, 4.69) is 48.7 Å². The van der Waals surface area contributed by atoms with Crippen molar-refractivity contribution in [2.45, 2.75) is 33.1 Å². The number of rotatable bonds is 4. The Bertz CT molecular complexity index is 436. The molecule has 0 radical (unpaired) electrons. The van der Waals surface area contributed by atoms with E-state index in [9.17, 15) is 4.79 Å². The van der Waals surface area contributed by atoms with Crippen LogP contribution >= 0.6 is 0 Å². The average Bonchev–Trinajstić information content (AvgIpc) is 2.39. The summed E-state index contributed by atoms with van der Waals surface area (Å²) in [6.07, 6.45) is 2.97. The first-order chi connectivity index (χ1) is 9.10. The third kappa shape index (κ3) is 3.80. The Balaban J connectivity index is 1.80. The largest absolute Gasteiger partial charge is 0.355 e. The van der Waals surface area contributed by atoms with Gasteiger partial charge in [-0.15, -0.1) is 0 Å². The maximum absolute atomic E-state index is 12.2. The fourth-order valence-electron chi connectivity index (χ4n) is 2.65. The molecule has 19 heavy (non-hydrogen) atoms. The molecule has 1 fully saturated rings. The summed E-state index contributed by atoms with van der Waals surface area (Å²) in [4.78, 5) is 12.2. The highest BCUT2D eigenvalue weighted by Crippen LogP contribution is 2.25. The highest BCUT2D eigenvalue weighted by Gasteiger charge is 2.34. The maximum Gasteiger partial charge on any atom is 0.227 e. The maximum atomic E-state index is 12.2. The molecule has 0 aromatic heterocycles. The van der Waals surface area contributed by atoms with Gasteiger partial charge in [0.15, 0.2) is 0 Å². The van der Waals surface area contributed by atoms with Crippen LogP contribution < -0.4 is 10.6 Å². The van der Waals surface area contributed by atoms with Gasteiger partial charge in [-0.25, -0.2) is 0 Å². The topological polar surface area (TPSA) is 41.1 Å². The van der Waals surface area contributed by atoms with E-state index in [-0.39, 0.29) is 11.3 Å². The Morgan fingerprint density at radius 1 is 1.47 bits per heavy atom. The molecular weight excluding hydrogens is 236 g/mol. The van der Waals surface area contributed by atoms with Crippen LogP contribution in [0.25, 0.3) is 0 Å². The zero-order valence-corrected chi connectivity index (χ0v) is 12.0. The van der Waals surface area contributed by atoms with Gasteiger partial charge >= 0.3 is 0 Å². The van der Waals surface area contributed by atoms with E-state index < -0.39 is 0 Å². The van der Waals surface area contributed by atoms with Crippen molar-refractivity contribution < 1.29 is 4.79 Å². The molecule has 0 aliphatic carbocycles. The molecule has 3 heteroatoms. The molecule has 1 aromatic carbocycles. The highest BCUT2D eigenvalue weighted by atomic mass is 16.2. The number of hydrogen-bond donors (Lipinski definition) is 2. The molecule has 0 bridgehead atoms. The first-order valence-corrected chi connectivity index (χ1v) is 7.15. The van der Waals surface area contributed by atoms with Crippen LogP contribution in [0.15, 0.2) is 24.3 Å². The van der Waals surface area contributed by atoms with Gasteiger partial charge in [0.1, 0.15) is 0 Å². The Hall–Kier alpha value is -1.35. The molecule has 0 spiro atoms. The Kier molecular flexibility index (Phi) is 4.59. The van der Waals surface area contributed by atoms with Crippen molar-refractivity contribution in [3.05, 3.63) is 35.4 Å². The van der Waals surface area contributed by atoms with Crippen LogP contribution in [0.5, 0.6) is 0 Å². The van der Waals surface area contributed by atoms with E-state index >= 15 is 0 Å². The number of hydrogen-bond acceptors (Lipinski definition) is 2. The predicted octanol–water partition coefficient (Wildman–Crippen LogP) is 2.04. The molecule has 1 aromatic rings. The summed E-state index contributed by atoms with van der Waals surface area (Å²) < 4.78 is 0. The minimum absolute atomic E-state index is 0.187. The summed E-state index contributed by atoms with van der Waals surface area (Å²) >= 11 is 0. The normalized spacial score (nSPS) is 23.1. The van der Waals surface area contributed by atoms with E-state index in [0.717, 1.165) is 38.9 Å². The Morgan fingerprint density at radius 3 is 3.00 bits per heavy atom. The summed E-state index contributed by atoms with van der Waals surface area (Å²) in [5.74, 6) is 0.187. The fourth-order valence-corrected chi connectivity index (χ4v) is 2.65. The average molecular weight is 260 g/mol. The fraction of sp³-hybridized carbons (Fsp3) is 0.562. The van der Waals surface area contributed by atoms with Gasteiger partial charge < -0.3 is 10.6 Å². The van der Waals surface area contributed by atoms with E-state index in [1.54, 1.807) is 0 Å². The molecule has 3 nitrogen and oxygen atoms in total. The summed E-state index contributed by atoms with van der Waals surface area (Å²) in [5.41, 5.74) is 2.32. The van der Waals surface area contributed by atoms with Crippen LogP contribution in [0.3, 0.4) is 0 Å². The van der Waals surface area contributed by atoms with Crippen molar-refractivity contribution in [1.82, 2.24) is 10.6 Å². The van der Waals surface area contributed by atoms with Crippen LogP contribution in [0.2, 0.25) is 0 Å². The van der Waals surface area contributed by atoms with Gasteiger partial charge in [-0.2, -0.15) is 0 Å². The molecule has 1 unspecified atom stereocenters. The molecule has 1 heterocycles. The number of piperidine rings is 1. The second-order valence-electron chi connectivity index (χ2n) is 5.84. The highest BCUT2D eigenvalue weighted by molar-refractivity contribution is 5.82. The summed E-state index contributed by atoms with van der Waals surface area (Å²) in [6.45, 7) is 6.70. The number of nitrogens with one attached hydrogen (secondary N) is 2. The standard InChI is InChI=1S/C16H24N2O/c1-13-5-3-6-14(11-13)7-10-18-15(19)16(2)8-4-9-17-12-16/h3,5-6,11,17H,4,7-10,12H2,1-2H3,(H,18,19). The van der Waals surface area contributed by atoms with Crippen molar-refractivity contribution in [2.24, 2.45) is 5.41 Å². The molecule has 1 amide bonds. The number of carbonyl (C=O) groups is 1. The first-order valence-electron chi connectivity index (χ1n) is 7.15. The SMILES string of the molecule is Cc1cccc(CCNC(=O)C2(C)CCCNC2)c1. The molecule has 2 rings (SSSR count). The lowest BCUT2D eigenvalue weighted by Gasteiger charge is -2.32. The number of benzene rings is 1. The summed E-state index contributed by atoms with van der Waals surface area (Å²) in [6, 6.07) is 8.45. The first kappa shape index (κ1) is 14.1. The molecule has 1 aliphatic heterocycles. The minimum Gasteiger partial charge on any atom is -0.355 e. The van der Waals surface area contributed by atoms with Crippen LogP contribution in [0.1, 0.15) is 30.9 Å². The molecule has 2 N–H and O–H groups in total. The smallest absolute Gasteiger partial charge is 0.227 e. The second kappa shape index (κ2) is 6.20. The van der Waals surface area contributed by atoms with Crippen molar-refractivity contribution in [3.63, 3.8) is 0 Å². The summed E-state index contributed by atoms with van der Waals surface area (Å²) in [5, 5.41) is 6.39. The van der Waals surface area contributed by atoms with Gasteiger partial charge in [0.25, 0.3) is 0 Å². The lowest BCUT2D eigenvalue weighted by Crippen LogP contribution is -2.49.